The molecule has 0 fully saturated rings. The van der Waals surface area contributed by atoms with Crippen molar-refractivity contribution in [3.8, 4) is 0 Å². The maximum atomic E-state index is 10.9. The fourth-order valence-corrected chi connectivity index (χ4v) is 0.616. The smallest absolute Gasteiger partial charge is 0.389 e. The molecule has 0 unspecified atom stereocenters. The van der Waals surface area contributed by atoms with Crippen LogP contribution < -0.4 is 5.32 Å². The summed E-state index contributed by atoms with van der Waals surface area (Å²) in [5.41, 5.74) is 0. The molecule has 2 amide bonds. The van der Waals surface area contributed by atoms with Crippen molar-refractivity contribution in [1.29, 1.82) is 0 Å². The minimum Gasteiger partial charge on any atom is -0.395 e. The van der Waals surface area contributed by atoms with Gasteiger partial charge in [-0.25, -0.2) is 4.79 Å². The van der Waals surface area contributed by atoms with Gasteiger partial charge in [-0.1, -0.05) is 0 Å². The number of nitrogens with zero attached hydrogens (tertiary/aromatic N) is 2. The number of hydrogen-bond donors (Lipinski definition) is 1. The molecule has 0 saturated heterocycles. The second kappa shape index (κ2) is 5.09. The van der Waals surface area contributed by atoms with Crippen molar-refractivity contribution in [3.05, 3.63) is 7.05 Å². The molecule has 66 valence electrons. The van der Waals surface area contributed by atoms with E-state index in [2.05, 4.69) is 7.05 Å². The summed E-state index contributed by atoms with van der Waals surface area (Å²) in [6.45, 7) is 1.63. The maximum absolute atomic E-state index is 10.9. The lowest BCUT2D eigenvalue weighted by Gasteiger charge is -2.17. The van der Waals surface area contributed by atoms with E-state index in [9.17, 15) is 4.79 Å². The summed E-state index contributed by atoms with van der Waals surface area (Å²) < 4.78 is 0. The normalized spacial score (nSPS) is 10.3. The third-order valence-electron chi connectivity index (χ3n) is 1.43. The third-order valence-corrected chi connectivity index (χ3v) is 1.43. The Morgan fingerprint density at radius 3 is 2.27 bits per heavy atom. The SMILES string of the molecule is [CH2-][NH2+]C(=O)N(C)CCN(C)C. The number of amides is 2. The van der Waals surface area contributed by atoms with Crippen LogP contribution in [-0.2, 0) is 0 Å². The standard InChI is InChI=1S/C7H17N3O/c1-8-7(11)10(4)6-5-9(2)3/h1,5-6,8H2,2-4H3. The molecule has 0 aromatic heterocycles. The maximum Gasteiger partial charge on any atom is 0.389 e. The molecule has 0 rings (SSSR count). The highest BCUT2D eigenvalue weighted by Gasteiger charge is 2.06. The van der Waals surface area contributed by atoms with Gasteiger partial charge in [0.15, 0.2) is 0 Å². The van der Waals surface area contributed by atoms with Crippen LogP contribution in [0.4, 0.5) is 4.79 Å². The number of likely N-dealkylation sites (N-methyl/N-ethyl adjacent to an activating group) is 2. The highest BCUT2D eigenvalue weighted by Crippen LogP contribution is 1.81. The summed E-state index contributed by atoms with van der Waals surface area (Å²) in [5, 5.41) is 1.33. The number of rotatable bonds is 3. The third kappa shape index (κ3) is 4.75. The Kier molecular flexibility index (Phi) is 4.81. The minimum atomic E-state index is -0.0214. The molecular formula is C7H17N3O. The molecule has 0 heterocycles. The largest absolute Gasteiger partial charge is 0.395 e. The molecule has 0 aliphatic rings. The van der Waals surface area contributed by atoms with E-state index in [0.29, 0.717) is 0 Å². The highest BCUT2D eigenvalue weighted by molar-refractivity contribution is 5.63. The summed E-state index contributed by atoms with van der Waals surface area (Å²) >= 11 is 0. The van der Waals surface area contributed by atoms with Crippen molar-refractivity contribution in [1.82, 2.24) is 9.80 Å². The molecular weight excluding hydrogens is 142 g/mol. The molecule has 0 aromatic carbocycles. The zero-order chi connectivity index (χ0) is 8.85. The summed E-state index contributed by atoms with van der Waals surface area (Å²) in [4.78, 5) is 14.6. The summed E-state index contributed by atoms with van der Waals surface area (Å²) in [5.74, 6) is 0. The van der Waals surface area contributed by atoms with Gasteiger partial charge >= 0.3 is 6.03 Å². The molecule has 0 aromatic rings. The summed E-state index contributed by atoms with van der Waals surface area (Å²) in [6.07, 6.45) is 0. The van der Waals surface area contributed by atoms with E-state index in [4.69, 9.17) is 0 Å². The van der Waals surface area contributed by atoms with Crippen molar-refractivity contribution < 1.29 is 10.1 Å². The molecule has 0 atom stereocenters. The summed E-state index contributed by atoms with van der Waals surface area (Å²) in [7, 11) is 9.13. The van der Waals surface area contributed by atoms with Gasteiger partial charge in [0.25, 0.3) is 0 Å². The molecule has 4 heteroatoms. The van der Waals surface area contributed by atoms with Gasteiger partial charge in [0.05, 0.1) is 0 Å². The molecule has 0 bridgehead atoms. The van der Waals surface area contributed by atoms with Crippen molar-refractivity contribution in [2.75, 3.05) is 34.2 Å². The average Bonchev–Trinajstić information content (AvgIpc) is 1.98. The van der Waals surface area contributed by atoms with Crippen LogP contribution >= 0.6 is 0 Å². The van der Waals surface area contributed by atoms with Gasteiger partial charge < -0.3 is 10.2 Å². The number of quaternary nitrogens is 1. The molecule has 11 heavy (non-hydrogen) atoms. The molecule has 4 nitrogen and oxygen atoms in total. The predicted molar refractivity (Wildman–Crippen MR) is 43.9 cm³/mol. The number of carbonyl (C=O) groups is 1. The van der Waals surface area contributed by atoms with E-state index in [0.717, 1.165) is 13.1 Å². The van der Waals surface area contributed by atoms with E-state index in [1.54, 1.807) is 11.9 Å². The fraction of sp³-hybridized carbons (Fsp3) is 0.714. The first-order valence-electron chi connectivity index (χ1n) is 3.60. The number of urea groups is 1. The average molecular weight is 159 g/mol. The van der Waals surface area contributed by atoms with E-state index in [1.165, 1.54) is 5.32 Å². The lowest BCUT2D eigenvalue weighted by atomic mass is 10.5. The van der Waals surface area contributed by atoms with Gasteiger partial charge in [0.2, 0.25) is 0 Å². The van der Waals surface area contributed by atoms with Gasteiger partial charge in [0.1, 0.15) is 0 Å². The summed E-state index contributed by atoms with van der Waals surface area (Å²) in [6, 6.07) is -0.0214. The van der Waals surface area contributed by atoms with Crippen LogP contribution in [-0.4, -0.2) is 50.1 Å². The number of hydrogen-bond acceptors (Lipinski definition) is 2. The van der Waals surface area contributed by atoms with E-state index < -0.39 is 0 Å². The first-order valence-corrected chi connectivity index (χ1v) is 3.60. The quantitative estimate of drug-likeness (QED) is 0.534. The van der Waals surface area contributed by atoms with Gasteiger partial charge in [-0.05, 0) is 14.1 Å². The van der Waals surface area contributed by atoms with E-state index in [1.807, 2.05) is 19.0 Å². The Balaban J connectivity index is 3.52. The topological polar surface area (TPSA) is 40.2 Å². The van der Waals surface area contributed by atoms with Crippen LogP contribution in [0.1, 0.15) is 0 Å². The first kappa shape index (κ1) is 10.4. The van der Waals surface area contributed by atoms with Crippen LogP contribution in [0.25, 0.3) is 0 Å². The minimum absolute atomic E-state index is 0.0214. The lowest BCUT2D eigenvalue weighted by Crippen LogP contribution is -2.84. The van der Waals surface area contributed by atoms with Gasteiger partial charge in [-0.3, -0.25) is 4.90 Å². The van der Waals surface area contributed by atoms with Crippen molar-refractivity contribution >= 4 is 6.03 Å². The molecule has 0 saturated carbocycles. The van der Waals surface area contributed by atoms with Crippen LogP contribution in [0.5, 0.6) is 0 Å². The second-order valence-corrected chi connectivity index (χ2v) is 2.77. The number of nitrogens with two attached hydrogens (primary N) is 1. The van der Waals surface area contributed by atoms with Crippen LogP contribution in [0.2, 0.25) is 0 Å². The van der Waals surface area contributed by atoms with Crippen LogP contribution in [0.15, 0.2) is 0 Å². The van der Waals surface area contributed by atoms with Gasteiger partial charge in [0, 0.05) is 20.1 Å². The number of carbonyl (C=O) groups excluding carboxylic acids is 1. The van der Waals surface area contributed by atoms with E-state index >= 15 is 0 Å². The first-order chi connectivity index (χ1) is 5.07. The zero-order valence-corrected chi connectivity index (χ0v) is 7.50. The Morgan fingerprint density at radius 1 is 1.36 bits per heavy atom. The highest BCUT2D eigenvalue weighted by atomic mass is 16.2. The molecule has 0 aliphatic heterocycles. The van der Waals surface area contributed by atoms with Crippen LogP contribution in [0.3, 0.4) is 0 Å². The molecule has 0 aliphatic carbocycles. The van der Waals surface area contributed by atoms with Crippen molar-refractivity contribution in [3.63, 3.8) is 0 Å². The fourth-order valence-electron chi connectivity index (χ4n) is 0.616. The monoisotopic (exact) mass is 159 g/mol. The Morgan fingerprint density at radius 2 is 1.91 bits per heavy atom. The van der Waals surface area contributed by atoms with Gasteiger partial charge in [-0.2, -0.15) is 0 Å². The van der Waals surface area contributed by atoms with Crippen LogP contribution in [0, 0.1) is 7.05 Å². The molecule has 2 N–H and O–H groups in total. The lowest BCUT2D eigenvalue weighted by molar-refractivity contribution is -0.497. The molecule has 0 radical (unpaired) electrons. The second-order valence-electron chi connectivity index (χ2n) is 2.77. The molecule has 0 spiro atoms. The zero-order valence-electron chi connectivity index (χ0n) is 7.50. The Hall–Kier alpha value is -0.610. The van der Waals surface area contributed by atoms with Gasteiger partial charge in [-0.15, -0.1) is 7.05 Å². The van der Waals surface area contributed by atoms with Crippen molar-refractivity contribution in [2.45, 2.75) is 0 Å². The Bertz CT molecular complexity index is 125. The number of primary amides is 1. The predicted octanol–water partition coefficient (Wildman–Crippen LogP) is -1.05. The van der Waals surface area contributed by atoms with E-state index in [-0.39, 0.29) is 6.03 Å². The van der Waals surface area contributed by atoms with Crippen molar-refractivity contribution in [2.24, 2.45) is 0 Å². The Labute approximate surface area is 68.2 Å².